The number of rotatable bonds is 2. The zero-order valence-corrected chi connectivity index (χ0v) is 5.33. The molecule has 0 aliphatic carbocycles. The third-order valence-electron chi connectivity index (χ3n) is 0.546. The van der Waals surface area contributed by atoms with E-state index >= 15 is 0 Å². The van der Waals surface area contributed by atoms with Crippen LogP contribution in [0.15, 0.2) is 0 Å². The first-order valence-electron chi connectivity index (χ1n) is 2.02. The van der Waals surface area contributed by atoms with Gasteiger partial charge in [-0.1, -0.05) is 12.2 Å². The van der Waals surface area contributed by atoms with Gasteiger partial charge in [0.1, 0.15) is 0 Å². The Labute approximate surface area is 52.8 Å². The molecule has 0 amide bonds. The minimum Gasteiger partial charge on any atom is -0.469 e. The van der Waals surface area contributed by atoms with Gasteiger partial charge in [0.15, 0.2) is 0 Å². The molecule has 0 heterocycles. The molecule has 0 rings (SSSR count). The van der Waals surface area contributed by atoms with E-state index in [1.54, 1.807) is 0 Å². The van der Waals surface area contributed by atoms with Crippen LogP contribution >= 0.6 is 12.2 Å². The number of ether oxygens (including phenoxy) is 1. The Morgan fingerprint density at radius 1 is 1.88 bits per heavy atom. The van der Waals surface area contributed by atoms with Crippen molar-refractivity contribution in [2.75, 3.05) is 7.11 Å². The number of esters is 1. The summed E-state index contributed by atoms with van der Waals surface area (Å²) in [5.74, 6) is -0.391. The maximum atomic E-state index is 10.2. The molecular formula is C4H7NO2S. The van der Waals surface area contributed by atoms with Crippen LogP contribution < -0.4 is 5.73 Å². The third-order valence-corrected chi connectivity index (χ3v) is 0.691. The molecule has 0 radical (unpaired) electrons. The summed E-state index contributed by atoms with van der Waals surface area (Å²) in [6.07, 6.45) is 0.0336. The van der Waals surface area contributed by atoms with Gasteiger partial charge in [-0.2, -0.15) is 0 Å². The first kappa shape index (κ1) is 7.36. The number of hydrogen-bond donors (Lipinski definition) is 1. The summed E-state index contributed by atoms with van der Waals surface area (Å²) in [5, 5.41) is 0. The van der Waals surface area contributed by atoms with Crippen molar-refractivity contribution < 1.29 is 9.53 Å². The minimum absolute atomic E-state index is 0.0336. The molecule has 8 heavy (non-hydrogen) atoms. The van der Waals surface area contributed by atoms with Gasteiger partial charge >= 0.3 is 5.97 Å². The molecule has 0 spiro atoms. The van der Waals surface area contributed by atoms with Gasteiger partial charge in [-0.05, 0) is 0 Å². The second-order valence-corrected chi connectivity index (χ2v) is 1.74. The molecule has 0 aromatic rings. The SMILES string of the molecule is COC(=O)CC(N)=S. The van der Waals surface area contributed by atoms with Crippen molar-refractivity contribution in [2.45, 2.75) is 6.42 Å². The van der Waals surface area contributed by atoms with Gasteiger partial charge in [-0.15, -0.1) is 0 Å². The fraction of sp³-hybridized carbons (Fsp3) is 0.500. The van der Waals surface area contributed by atoms with Gasteiger partial charge in [-0.25, -0.2) is 0 Å². The second kappa shape index (κ2) is 3.37. The Morgan fingerprint density at radius 2 is 2.38 bits per heavy atom. The molecule has 0 atom stereocenters. The molecule has 0 aliphatic heterocycles. The summed E-state index contributed by atoms with van der Waals surface area (Å²) < 4.78 is 4.25. The smallest absolute Gasteiger partial charge is 0.312 e. The molecule has 4 heteroatoms. The van der Waals surface area contributed by atoms with E-state index in [9.17, 15) is 4.79 Å². The van der Waals surface area contributed by atoms with E-state index in [0.29, 0.717) is 0 Å². The van der Waals surface area contributed by atoms with Crippen molar-refractivity contribution in [1.82, 2.24) is 0 Å². The van der Waals surface area contributed by atoms with Crippen molar-refractivity contribution in [3.8, 4) is 0 Å². The van der Waals surface area contributed by atoms with Crippen molar-refractivity contribution in [3.05, 3.63) is 0 Å². The number of carbonyl (C=O) groups is 1. The number of nitrogens with two attached hydrogens (primary N) is 1. The maximum absolute atomic E-state index is 10.2. The molecule has 0 aliphatic rings. The molecule has 0 fully saturated rings. The predicted octanol–water partition coefficient (Wildman–Crippen LogP) is -0.164. The van der Waals surface area contributed by atoms with Crippen LogP contribution in [-0.2, 0) is 9.53 Å². The van der Waals surface area contributed by atoms with Crippen molar-refractivity contribution >= 4 is 23.2 Å². The quantitative estimate of drug-likeness (QED) is 0.420. The highest BCUT2D eigenvalue weighted by Crippen LogP contribution is 1.81. The summed E-state index contributed by atoms with van der Waals surface area (Å²) in [4.78, 5) is 10.4. The molecule has 46 valence electrons. The van der Waals surface area contributed by atoms with Crippen molar-refractivity contribution in [2.24, 2.45) is 5.73 Å². The molecule has 0 saturated heterocycles. The highest BCUT2D eigenvalue weighted by atomic mass is 32.1. The fourth-order valence-electron chi connectivity index (χ4n) is 0.214. The molecule has 0 saturated carbocycles. The first-order chi connectivity index (χ1) is 3.66. The van der Waals surface area contributed by atoms with Crippen LogP contribution in [0.2, 0.25) is 0 Å². The van der Waals surface area contributed by atoms with Gasteiger partial charge < -0.3 is 10.5 Å². The summed E-state index contributed by atoms with van der Waals surface area (Å²) in [5.41, 5.74) is 5.00. The molecule has 0 bridgehead atoms. The summed E-state index contributed by atoms with van der Waals surface area (Å²) in [7, 11) is 1.29. The average molecular weight is 133 g/mol. The summed E-state index contributed by atoms with van der Waals surface area (Å²) in [6.45, 7) is 0. The van der Waals surface area contributed by atoms with Crippen molar-refractivity contribution in [3.63, 3.8) is 0 Å². The van der Waals surface area contributed by atoms with E-state index in [1.165, 1.54) is 7.11 Å². The van der Waals surface area contributed by atoms with Crippen LogP contribution in [0.3, 0.4) is 0 Å². The zero-order chi connectivity index (χ0) is 6.57. The van der Waals surface area contributed by atoms with Crippen LogP contribution in [0.25, 0.3) is 0 Å². The number of methoxy groups -OCH3 is 1. The normalized spacial score (nSPS) is 8.12. The van der Waals surface area contributed by atoms with Crippen LogP contribution in [-0.4, -0.2) is 18.1 Å². The standard InChI is InChI=1S/C4H7NO2S/c1-7-4(6)2-3(5)8/h2H2,1H3,(H2,5,8). The van der Waals surface area contributed by atoms with E-state index in [0.717, 1.165) is 0 Å². The molecule has 0 unspecified atom stereocenters. The molecule has 2 N–H and O–H groups in total. The lowest BCUT2D eigenvalue weighted by atomic mass is 10.4. The van der Waals surface area contributed by atoms with E-state index in [-0.39, 0.29) is 11.4 Å². The van der Waals surface area contributed by atoms with Gasteiger partial charge in [-0.3, -0.25) is 4.79 Å². The van der Waals surface area contributed by atoms with Crippen molar-refractivity contribution in [1.29, 1.82) is 0 Å². The van der Waals surface area contributed by atoms with Crippen LogP contribution in [0.1, 0.15) is 6.42 Å². The molecule has 0 aromatic carbocycles. The van der Waals surface area contributed by atoms with Gasteiger partial charge in [0, 0.05) is 0 Å². The highest BCUT2D eigenvalue weighted by Gasteiger charge is 1.99. The van der Waals surface area contributed by atoms with Gasteiger partial charge in [0.25, 0.3) is 0 Å². The van der Waals surface area contributed by atoms with E-state index in [4.69, 9.17) is 5.73 Å². The van der Waals surface area contributed by atoms with Crippen LogP contribution in [0.5, 0.6) is 0 Å². The highest BCUT2D eigenvalue weighted by molar-refractivity contribution is 7.80. The Balaban J connectivity index is 3.40. The summed E-state index contributed by atoms with van der Waals surface area (Å²) in [6, 6.07) is 0. The Kier molecular flexibility index (Phi) is 3.10. The monoisotopic (exact) mass is 133 g/mol. The lowest BCUT2D eigenvalue weighted by molar-refractivity contribution is -0.139. The second-order valence-electron chi connectivity index (χ2n) is 1.22. The Morgan fingerprint density at radius 3 is 2.50 bits per heavy atom. The minimum atomic E-state index is -0.391. The zero-order valence-electron chi connectivity index (χ0n) is 4.51. The Bertz CT molecular complexity index is 113. The average Bonchev–Trinajstić information content (AvgIpc) is 1.65. The number of thiocarbonyl (C=S) groups is 1. The van der Waals surface area contributed by atoms with Crippen LogP contribution in [0, 0.1) is 0 Å². The fourth-order valence-corrected chi connectivity index (χ4v) is 0.332. The molecule has 0 aromatic heterocycles. The Hall–Kier alpha value is -0.640. The van der Waals surface area contributed by atoms with E-state index in [1.807, 2.05) is 0 Å². The number of carbonyl (C=O) groups excluding carboxylic acids is 1. The topological polar surface area (TPSA) is 52.3 Å². The molecule has 3 nitrogen and oxygen atoms in total. The maximum Gasteiger partial charge on any atom is 0.312 e. The summed E-state index contributed by atoms with van der Waals surface area (Å²) >= 11 is 4.42. The lowest BCUT2D eigenvalue weighted by Crippen LogP contribution is -2.14. The van der Waals surface area contributed by atoms with Gasteiger partial charge in [0.2, 0.25) is 0 Å². The largest absolute Gasteiger partial charge is 0.469 e. The van der Waals surface area contributed by atoms with E-state index in [2.05, 4.69) is 17.0 Å². The van der Waals surface area contributed by atoms with Crippen LogP contribution in [0.4, 0.5) is 0 Å². The predicted molar refractivity (Wildman–Crippen MR) is 33.4 cm³/mol. The molecular weight excluding hydrogens is 126 g/mol. The third kappa shape index (κ3) is 3.55. The first-order valence-corrected chi connectivity index (χ1v) is 2.42. The van der Waals surface area contributed by atoms with Gasteiger partial charge in [0.05, 0.1) is 18.5 Å². The van der Waals surface area contributed by atoms with E-state index < -0.39 is 5.97 Å². The number of hydrogen-bond acceptors (Lipinski definition) is 3. The lowest BCUT2D eigenvalue weighted by Gasteiger charge is -1.93.